The van der Waals surface area contributed by atoms with E-state index in [2.05, 4.69) is 4.89 Å². The Morgan fingerprint density at radius 1 is 1.30 bits per heavy atom. The van der Waals surface area contributed by atoms with Gasteiger partial charge in [0.1, 0.15) is 16.7 Å². The van der Waals surface area contributed by atoms with Crippen LogP contribution in [0.4, 0.5) is 17.6 Å². The average molecular weight is 491 g/mol. The van der Waals surface area contributed by atoms with Gasteiger partial charge in [0, 0.05) is 36.6 Å². The highest BCUT2D eigenvalue weighted by Gasteiger charge is 2.41. The van der Waals surface area contributed by atoms with E-state index in [1.807, 2.05) is 0 Å². The molecule has 0 amide bonds. The number of halogens is 7. The topological polar surface area (TPSA) is 53.0 Å². The largest absolute Gasteiger partial charge is 0.432 e. The van der Waals surface area contributed by atoms with Gasteiger partial charge >= 0.3 is 12.1 Å². The van der Waals surface area contributed by atoms with E-state index in [0.29, 0.717) is 6.61 Å². The molecule has 1 unspecified atom stereocenters. The van der Waals surface area contributed by atoms with Crippen LogP contribution in [0.25, 0.3) is 11.1 Å². The van der Waals surface area contributed by atoms with Crippen molar-refractivity contribution in [2.75, 3.05) is 6.61 Å². The standard InChI is InChI=1S/C18H14Cl3F4NO4/c1-3-26-16(18(23,24)25)14(20)12(17(26)21)9-5-11(30-29-7(2)27)13(19)10(15(9)22)4-8-6-28-8/h5,8H,3-4,6H2,1-2H3. The van der Waals surface area contributed by atoms with E-state index in [1.165, 1.54) is 6.92 Å². The molecule has 1 atom stereocenters. The lowest BCUT2D eigenvalue weighted by molar-refractivity contribution is -0.210. The Kier molecular flexibility index (Phi) is 6.48. The van der Waals surface area contributed by atoms with Crippen molar-refractivity contribution in [2.45, 2.75) is 39.1 Å². The fourth-order valence-corrected chi connectivity index (χ4v) is 4.06. The van der Waals surface area contributed by atoms with Crippen LogP contribution in [0.3, 0.4) is 0 Å². The van der Waals surface area contributed by atoms with E-state index in [0.717, 1.165) is 17.6 Å². The highest BCUT2D eigenvalue weighted by Crippen LogP contribution is 2.49. The van der Waals surface area contributed by atoms with Gasteiger partial charge in [0.15, 0.2) is 5.75 Å². The number of aromatic nitrogens is 1. The van der Waals surface area contributed by atoms with Gasteiger partial charge in [0.25, 0.3) is 0 Å². The summed E-state index contributed by atoms with van der Waals surface area (Å²) in [6, 6.07) is 0.977. The normalized spacial score (nSPS) is 16.0. The number of benzene rings is 1. The number of hydrogen-bond donors (Lipinski definition) is 0. The summed E-state index contributed by atoms with van der Waals surface area (Å²) in [6.45, 7) is 2.70. The lowest BCUT2D eigenvalue weighted by Gasteiger charge is -2.14. The number of carbonyl (C=O) groups is 1. The molecular formula is C18H14Cl3F4NO4. The first-order valence-corrected chi connectivity index (χ1v) is 9.73. The van der Waals surface area contributed by atoms with E-state index in [-0.39, 0.29) is 46.5 Å². The van der Waals surface area contributed by atoms with Crippen LogP contribution >= 0.6 is 34.8 Å². The van der Waals surface area contributed by atoms with Crippen molar-refractivity contribution in [3.05, 3.63) is 38.3 Å². The van der Waals surface area contributed by atoms with Crippen LogP contribution in [0.15, 0.2) is 6.07 Å². The van der Waals surface area contributed by atoms with Gasteiger partial charge in [-0.15, -0.1) is 0 Å². The first-order chi connectivity index (χ1) is 14.0. The highest BCUT2D eigenvalue weighted by atomic mass is 35.5. The molecule has 5 nitrogen and oxygen atoms in total. The molecule has 1 fully saturated rings. The van der Waals surface area contributed by atoms with Crippen molar-refractivity contribution < 1.29 is 36.9 Å². The van der Waals surface area contributed by atoms with Crippen molar-refractivity contribution in [3.63, 3.8) is 0 Å². The summed E-state index contributed by atoms with van der Waals surface area (Å²) in [5.41, 5.74) is -2.07. The van der Waals surface area contributed by atoms with E-state index in [4.69, 9.17) is 44.4 Å². The van der Waals surface area contributed by atoms with Gasteiger partial charge in [0.05, 0.1) is 22.8 Å². The number of carbonyl (C=O) groups excluding carboxylic acids is 1. The zero-order chi connectivity index (χ0) is 22.4. The molecule has 1 aliphatic rings. The third kappa shape index (κ3) is 4.34. The summed E-state index contributed by atoms with van der Waals surface area (Å²) in [6.07, 6.45) is -5.13. The fraction of sp³-hybridized carbons (Fsp3) is 0.389. The molecule has 30 heavy (non-hydrogen) atoms. The number of hydrogen-bond acceptors (Lipinski definition) is 4. The van der Waals surface area contributed by atoms with Crippen LogP contribution in [0, 0.1) is 5.82 Å². The number of epoxide rings is 1. The predicted molar refractivity (Wildman–Crippen MR) is 101 cm³/mol. The summed E-state index contributed by atoms with van der Waals surface area (Å²) in [5, 5.41) is -1.41. The summed E-state index contributed by atoms with van der Waals surface area (Å²) in [4.78, 5) is 20.4. The zero-order valence-corrected chi connectivity index (χ0v) is 17.8. The molecule has 0 aliphatic carbocycles. The van der Waals surface area contributed by atoms with E-state index < -0.39 is 33.8 Å². The molecule has 12 heteroatoms. The number of alkyl halides is 3. The average Bonchev–Trinajstić information content (AvgIpc) is 3.42. The molecule has 0 bridgehead atoms. The highest BCUT2D eigenvalue weighted by molar-refractivity contribution is 6.40. The molecule has 1 aliphatic heterocycles. The van der Waals surface area contributed by atoms with Gasteiger partial charge in [-0.05, 0) is 13.0 Å². The molecule has 1 aromatic heterocycles. The van der Waals surface area contributed by atoms with Gasteiger partial charge in [-0.3, -0.25) is 9.78 Å². The smallest absolute Gasteiger partial charge is 0.373 e. The van der Waals surface area contributed by atoms with Crippen molar-refractivity contribution in [1.29, 1.82) is 0 Å². The maximum atomic E-state index is 15.4. The summed E-state index contributed by atoms with van der Waals surface area (Å²) < 4.78 is 61.8. The maximum Gasteiger partial charge on any atom is 0.432 e. The Morgan fingerprint density at radius 3 is 2.40 bits per heavy atom. The summed E-state index contributed by atoms with van der Waals surface area (Å²) in [5.74, 6) is -2.04. The molecule has 0 radical (unpaired) electrons. The van der Waals surface area contributed by atoms with Gasteiger partial charge in [-0.25, -0.2) is 9.18 Å². The Balaban J connectivity index is 2.26. The van der Waals surface area contributed by atoms with E-state index in [1.54, 1.807) is 0 Å². The monoisotopic (exact) mass is 489 g/mol. The van der Waals surface area contributed by atoms with Crippen LogP contribution < -0.4 is 4.89 Å². The fourth-order valence-electron chi connectivity index (χ4n) is 2.97. The van der Waals surface area contributed by atoms with Gasteiger partial charge in [-0.2, -0.15) is 13.2 Å². The Hall–Kier alpha value is -1.68. The number of rotatable bonds is 6. The van der Waals surface area contributed by atoms with E-state index in [9.17, 15) is 18.0 Å². The minimum atomic E-state index is -4.83. The molecule has 3 rings (SSSR count). The lowest BCUT2D eigenvalue weighted by atomic mass is 10.0. The van der Waals surface area contributed by atoms with Crippen molar-refractivity contribution in [2.24, 2.45) is 0 Å². The molecule has 2 heterocycles. The van der Waals surface area contributed by atoms with Crippen LogP contribution in [-0.4, -0.2) is 23.2 Å². The third-order valence-electron chi connectivity index (χ3n) is 4.34. The van der Waals surface area contributed by atoms with Crippen LogP contribution in [0.5, 0.6) is 5.75 Å². The first kappa shape index (κ1) is 23.0. The molecule has 0 N–H and O–H groups in total. The molecule has 0 saturated carbocycles. The second-order valence-electron chi connectivity index (χ2n) is 6.42. The molecule has 1 aromatic carbocycles. The van der Waals surface area contributed by atoms with Crippen LogP contribution in [-0.2, 0) is 33.6 Å². The lowest BCUT2D eigenvalue weighted by Crippen LogP contribution is -2.13. The summed E-state index contributed by atoms with van der Waals surface area (Å²) in [7, 11) is 0. The Morgan fingerprint density at radius 2 is 1.93 bits per heavy atom. The SMILES string of the molecule is CCn1c(Cl)c(-c2cc(OOC(C)=O)c(Cl)c(CC3CO3)c2F)c(Cl)c1C(F)(F)F. The second-order valence-corrected chi connectivity index (χ2v) is 7.53. The molecular weight excluding hydrogens is 477 g/mol. The minimum absolute atomic E-state index is 0.0186. The zero-order valence-electron chi connectivity index (χ0n) is 15.5. The third-order valence-corrected chi connectivity index (χ3v) is 5.51. The van der Waals surface area contributed by atoms with E-state index >= 15 is 4.39 Å². The van der Waals surface area contributed by atoms with Crippen molar-refractivity contribution in [3.8, 4) is 16.9 Å². The number of nitrogens with zero attached hydrogens (tertiary/aromatic N) is 1. The van der Waals surface area contributed by atoms with Crippen LogP contribution in [0.2, 0.25) is 15.2 Å². The minimum Gasteiger partial charge on any atom is -0.373 e. The van der Waals surface area contributed by atoms with Gasteiger partial charge < -0.3 is 9.30 Å². The quantitative estimate of drug-likeness (QED) is 0.213. The van der Waals surface area contributed by atoms with Crippen molar-refractivity contribution >= 4 is 40.8 Å². The Labute approximate surface area is 183 Å². The molecule has 0 spiro atoms. The van der Waals surface area contributed by atoms with Crippen LogP contribution in [0.1, 0.15) is 25.1 Å². The Bertz CT molecular complexity index is 1000. The predicted octanol–water partition coefficient (Wildman–Crippen LogP) is 6.09. The van der Waals surface area contributed by atoms with Crippen molar-refractivity contribution in [1.82, 2.24) is 4.57 Å². The second kappa shape index (κ2) is 8.45. The molecule has 1 saturated heterocycles. The summed E-state index contributed by atoms with van der Waals surface area (Å²) >= 11 is 18.4. The molecule has 2 aromatic rings. The number of ether oxygens (including phenoxy) is 1. The van der Waals surface area contributed by atoms with Gasteiger partial charge in [0.2, 0.25) is 0 Å². The van der Waals surface area contributed by atoms with Gasteiger partial charge in [-0.1, -0.05) is 34.8 Å². The first-order valence-electron chi connectivity index (χ1n) is 8.59. The molecule has 164 valence electrons. The maximum absolute atomic E-state index is 15.4.